The Bertz CT molecular complexity index is 1070. The van der Waals surface area contributed by atoms with Crippen molar-refractivity contribution in [3.8, 4) is 11.5 Å². The molecule has 31 heavy (non-hydrogen) atoms. The van der Waals surface area contributed by atoms with Crippen molar-refractivity contribution < 1.29 is 24.0 Å². The first kappa shape index (κ1) is 22.6. The first-order valence-electron chi connectivity index (χ1n) is 9.41. The molecule has 0 atom stereocenters. The molecule has 3 rings (SSSR count). The lowest BCUT2D eigenvalue weighted by atomic mass is 10.1. The number of nitro benzene ring substituents is 1. The minimum Gasteiger partial charge on any atom is -0.490 e. The Labute approximate surface area is 187 Å². The predicted molar refractivity (Wildman–Crippen MR) is 118 cm³/mol. The summed E-state index contributed by atoms with van der Waals surface area (Å²) in [6.45, 7) is 4.24. The molecule has 0 aromatic heterocycles. The molecular weight excluding hydrogens is 444 g/mol. The van der Waals surface area contributed by atoms with E-state index in [1.807, 2.05) is 0 Å². The number of rotatable bonds is 8. The van der Waals surface area contributed by atoms with Gasteiger partial charge in [-0.15, -0.1) is 0 Å². The van der Waals surface area contributed by atoms with E-state index in [0.717, 1.165) is 16.7 Å². The first-order chi connectivity index (χ1) is 14.8. The van der Waals surface area contributed by atoms with Gasteiger partial charge in [0.05, 0.1) is 21.5 Å². The second-order valence-corrected chi connectivity index (χ2v) is 7.81. The van der Waals surface area contributed by atoms with Crippen LogP contribution in [0.25, 0.3) is 6.08 Å². The van der Waals surface area contributed by atoms with Crippen LogP contribution in [0, 0.1) is 10.1 Å². The van der Waals surface area contributed by atoms with Gasteiger partial charge < -0.3 is 9.47 Å². The number of amides is 2. The maximum Gasteiger partial charge on any atom is 0.293 e. The number of hydrogen-bond donors (Lipinski definition) is 0. The maximum absolute atomic E-state index is 12.3. The first-order valence-corrected chi connectivity index (χ1v) is 10.6. The van der Waals surface area contributed by atoms with Gasteiger partial charge in [-0.25, -0.2) is 0 Å². The molecule has 0 N–H and O–H groups in total. The van der Waals surface area contributed by atoms with Gasteiger partial charge in [0.15, 0.2) is 11.5 Å². The van der Waals surface area contributed by atoms with E-state index in [-0.39, 0.29) is 34.2 Å². The second-order valence-electron chi connectivity index (χ2n) is 6.40. The van der Waals surface area contributed by atoms with Gasteiger partial charge in [0.25, 0.3) is 16.8 Å². The minimum absolute atomic E-state index is 0.0337. The molecule has 1 aliphatic rings. The standard InChI is InChI=1S/C21H19ClN2O6S/c1-3-23-20(25)18(31-21(23)26)11-14-9-16(22)19(17(10-14)29-4-2)30-12-13-6-5-7-15(8-13)24(27)28/h5-11H,3-4,12H2,1-2H3/b18-11+. The van der Waals surface area contributed by atoms with Gasteiger partial charge in [-0.2, -0.15) is 0 Å². The molecule has 0 unspecified atom stereocenters. The summed E-state index contributed by atoms with van der Waals surface area (Å²) >= 11 is 7.28. The highest BCUT2D eigenvalue weighted by Gasteiger charge is 2.33. The number of likely N-dealkylation sites (N-methyl/N-ethyl adjacent to an activating group) is 1. The lowest BCUT2D eigenvalue weighted by Gasteiger charge is -2.15. The molecule has 0 spiro atoms. The van der Waals surface area contributed by atoms with E-state index in [9.17, 15) is 19.7 Å². The monoisotopic (exact) mass is 462 g/mol. The van der Waals surface area contributed by atoms with Crippen LogP contribution in [0.5, 0.6) is 11.5 Å². The number of hydrogen-bond acceptors (Lipinski definition) is 7. The number of benzene rings is 2. The van der Waals surface area contributed by atoms with Crippen LogP contribution in [0.4, 0.5) is 10.5 Å². The number of nitrogens with zero attached hydrogens (tertiary/aromatic N) is 2. The summed E-state index contributed by atoms with van der Waals surface area (Å²) in [5.74, 6) is 0.299. The second kappa shape index (κ2) is 9.84. The van der Waals surface area contributed by atoms with E-state index in [0.29, 0.717) is 34.9 Å². The highest BCUT2D eigenvalue weighted by atomic mass is 35.5. The van der Waals surface area contributed by atoms with Crippen molar-refractivity contribution in [1.29, 1.82) is 0 Å². The number of halogens is 1. The molecule has 1 heterocycles. The summed E-state index contributed by atoms with van der Waals surface area (Å²) in [7, 11) is 0. The van der Waals surface area contributed by atoms with Gasteiger partial charge >= 0.3 is 0 Å². The predicted octanol–water partition coefficient (Wildman–Crippen LogP) is 5.28. The summed E-state index contributed by atoms with van der Waals surface area (Å²) in [6, 6.07) is 9.38. The summed E-state index contributed by atoms with van der Waals surface area (Å²) in [5.41, 5.74) is 1.15. The van der Waals surface area contributed by atoms with E-state index in [1.165, 1.54) is 12.1 Å². The van der Waals surface area contributed by atoms with E-state index in [4.69, 9.17) is 21.1 Å². The van der Waals surface area contributed by atoms with Gasteiger partial charge in [-0.1, -0.05) is 23.7 Å². The Kier molecular flexibility index (Phi) is 7.19. The number of imide groups is 1. The average molecular weight is 463 g/mol. The largest absolute Gasteiger partial charge is 0.490 e. The number of carbonyl (C=O) groups excluding carboxylic acids is 2. The molecule has 8 nitrogen and oxygen atoms in total. The summed E-state index contributed by atoms with van der Waals surface area (Å²) < 4.78 is 11.5. The van der Waals surface area contributed by atoms with Crippen LogP contribution >= 0.6 is 23.4 Å². The van der Waals surface area contributed by atoms with E-state index < -0.39 is 4.92 Å². The third-order valence-corrected chi connectivity index (χ3v) is 5.51. The third-order valence-electron chi connectivity index (χ3n) is 4.32. The van der Waals surface area contributed by atoms with Crippen molar-refractivity contribution in [3.63, 3.8) is 0 Å². The lowest BCUT2D eigenvalue weighted by molar-refractivity contribution is -0.384. The fraction of sp³-hybridized carbons (Fsp3) is 0.238. The Balaban J connectivity index is 1.86. The molecule has 2 aromatic rings. The van der Waals surface area contributed by atoms with Crippen molar-refractivity contribution in [2.24, 2.45) is 0 Å². The molecule has 1 aliphatic heterocycles. The number of nitro groups is 1. The van der Waals surface area contributed by atoms with Crippen LogP contribution in [-0.4, -0.2) is 34.1 Å². The zero-order valence-corrected chi connectivity index (χ0v) is 18.4. The fourth-order valence-electron chi connectivity index (χ4n) is 2.91. The third kappa shape index (κ3) is 5.18. The van der Waals surface area contributed by atoms with E-state index in [1.54, 1.807) is 44.2 Å². The topological polar surface area (TPSA) is 99.0 Å². The van der Waals surface area contributed by atoms with Gasteiger partial charge in [0.1, 0.15) is 6.61 Å². The minimum atomic E-state index is -0.475. The molecule has 0 saturated carbocycles. The highest BCUT2D eigenvalue weighted by Crippen LogP contribution is 2.39. The van der Waals surface area contributed by atoms with Gasteiger partial charge in [-0.3, -0.25) is 24.6 Å². The molecule has 0 aliphatic carbocycles. The summed E-state index contributed by atoms with van der Waals surface area (Å²) in [6.07, 6.45) is 1.58. The lowest BCUT2D eigenvalue weighted by Crippen LogP contribution is -2.27. The molecule has 2 aromatic carbocycles. The van der Waals surface area contributed by atoms with E-state index in [2.05, 4.69) is 0 Å². The number of non-ortho nitro benzene ring substituents is 1. The smallest absolute Gasteiger partial charge is 0.293 e. The Morgan fingerprint density at radius 2 is 1.97 bits per heavy atom. The maximum atomic E-state index is 12.3. The van der Waals surface area contributed by atoms with Gasteiger partial charge in [0, 0.05) is 18.7 Å². The van der Waals surface area contributed by atoms with Crippen molar-refractivity contribution in [2.75, 3.05) is 13.2 Å². The SMILES string of the molecule is CCOc1cc(/C=C2/SC(=O)N(CC)C2=O)cc(Cl)c1OCc1cccc([N+](=O)[O-])c1. The molecule has 0 radical (unpaired) electrons. The van der Waals surface area contributed by atoms with Crippen LogP contribution in [0.15, 0.2) is 41.3 Å². The summed E-state index contributed by atoms with van der Waals surface area (Å²) in [5, 5.41) is 10.9. The van der Waals surface area contributed by atoms with Crippen molar-refractivity contribution >= 4 is 46.3 Å². The zero-order valence-electron chi connectivity index (χ0n) is 16.8. The Hall–Kier alpha value is -3.04. The molecule has 2 amide bonds. The highest BCUT2D eigenvalue weighted by molar-refractivity contribution is 8.18. The van der Waals surface area contributed by atoms with Crippen LogP contribution in [0.1, 0.15) is 25.0 Å². The molecule has 0 bridgehead atoms. The van der Waals surface area contributed by atoms with Gasteiger partial charge in [-0.05, 0) is 54.9 Å². The van der Waals surface area contributed by atoms with Crippen LogP contribution in [-0.2, 0) is 11.4 Å². The number of ether oxygens (including phenoxy) is 2. The number of thioether (sulfide) groups is 1. The van der Waals surface area contributed by atoms with Crippen LogP contribution in [0.2, 0.25) is 5.02 Å². The van der Waals surface area contributed by atoms with Crippen molar-refractivity contribution in [1.82, 2.24) is 4.90 Å². The van der Waals surface area contributed by atoms with Gasteiger partial charge in [0.2, 0.25) is 0 Å². The van der Waals surface area contributed by atoms with Crippen LogP contribution in [0.3, 0.4) is 0 Å². The Morgan fingerprint density at radius 3 is 2.61 bits per heavy atom. The molecule has 162 valence electrons. The average Bonchev–Trinajstić information content (AvgIpc) is 3.00. The van der Waals surface area contributed by atoms with Crippen LogP contribution < -0.4 is 9.47 Å². The van der Waals surface area contributed by atoms with Crippen molar-refractivity contribution in [2.45, 2.75) is 20.5 Å². The van der Waals surface area contributed by atoms with Crippen molar-refractivity contribution in [3.05, 3.63) is 67.6 Å². The molecule has 1 saturated heterocycles. The molecule has 10 heteroatoms. The fourth-order valence-corrected chi connectivity index (χ4v) is 4.09. The number of carbonyl (C=O) groups is 2. The van der Waals surface area contributed by atoms with E-state index >= 15 is 0 Å². The Morgan fingerprint density at radius 1 is 1.19 bits per heavy atom. The quantitative estimate of drug-likeness (QED) is 0.299. The summed E-state index contributed by atoms with van der Waals surface area (Å²) in [4.78, 5) is 36.2. The molecular formula is C21H19ClN2O6S. The normalized spacial score (nSPS) is 14.9. The zero-order chi connectivity index (χ0) is 22.5. The molecule has 1 fully saturated rings.